The van der Waals surface area contributed by atoms with Crippen LogP contribution in [-0.4, -0.2) is 30.1 Å². The summed E-state index contributed by atoms with van der Waals surface area (Å²) in [6, 6.07) is 7.07. The van der Waals surface area contributed by atoms with Crippen LogP contribution in [0.25, 0.3) is 0 Å². The molecule has 1 aliphatic heterocycles. The summed E-state index contributed by atoms with van der Waals surface area (Å²) in [6.45, 7) is 9.53. The molecule has 2 N–H and O–H groups in total. The maximum Gasteiger partial charge on any atom is 0.126 e. The molecule has 118 valence electrons. The molecule has 1 heterocycles. The molecule has 0 saturated carbocycles. The number of rotatable bonds is 4. The summed E-state index contributed by atoms with van der Waals surface area (Å²) >= 11 is 0. The molecule has 1 unspecified atom stereocenters. The predicted molar refractivity (Wildman–Crippen MR) is 86.8 cm³/mol. The molecule has 1 aromatic carbocycles. The van der Waals surface area contributed by atoms with Crippen LogP contribution in [0.15, 0.2) is 24.3 Å². The van der Waals surface area contributed by atoms with Gasteiger partial charge in [-0.3, -0.25) is 4.90 Å². The molecular formula is C18H29FN2. The average molecular weight is 292 g/mol. The van der Waals surface area contributed by atoms with Crippen molar-refractivity contribution in [2.24, 2.45) is 11.1 Å². The Balaban J connectivity index is 2.15. The van der Waals surface area contributed by atoms with E-state index in [2.05, 4.69) is 25.7 Å². The second-order valence-electron chi connectivity index (χ2n) is 7.47. The molecule has 0 amide bonds. The number of halogens is 1. The van der Waals surface area contributed by atoms with Gasteiger partial charge in [-0.15, -0.1) is 0 Å². The van der Waals surface area contributed by atoms with Gasteiger partial charge in [0.1, 0.15) is 5.82 Å². The Labute approximate surface area is 128 Å². The van der Waals surface area contributed by atoms with Crippen molar-refractivity contribution in [2.75, 3.05) is 19.6 Å². The fourth-order valence-corrected chi connectivity index (χ4v) is 3.33. The van der Waals surface area contributed by atoms with E-state index in [1.165, 1.54) is 25.3 Å². The van der Waals surface area contributed by atoms with Gasteiger partial charge in [0.2, 0.25) is 0 Å². The van der Waals surface area contributed by atoms with Gasteiger partial charge in [0.15, 0.2) is 0 Å². The van der Waals surface area contributed by atoms with Crippen LogP contribution in [0.2, 0.25) is 0 Å². The van der Waals surface area contributed by atoms with Crippen molar-refractivity contribution in [3.05, 3.63) is 35.6 Å². The second-order valence-corrected chi connectivity index (χ2v) is 7.47. The number of benzene rings is 1. The molecule has 21 heavy (non-hydrogen) atoms. The predicted octanol–water partition coefficient (Wildman–Crippen LogP) is 3.60. The van der Waals surface area contributed by atoms with Crippen molar-refractivity contribution in [2.45, 2.75) is 52.0 Å². The molecule has 0 aromatic heterocycles. The highest BCUT2D eigenvalue weighted by atomic mass is 19.1. The lowest BCUT2D eigenvalue weighted by molar-refractivity contribution is 0.109. The zero-order chi connectivity index (χ0) is 15.5. The quantitative estimate of drug-likeness (QED) is 0.919. The summed E-state index contributed by atoms with van der Waals surface area (Å²) in [6.07, 6.45) is 4.31. The van der Waals surface area contributed by atoms with Crippen molar-refractivity contribution in [3.8, 4) is 0 Å². The van der Waals surface area contributed by atoms with Gasteiger partial charge in [0.25, 0.3) is 0 Å². The molecule has 1 atom stereocenters. The van der Waals surface area contributed by atoms with Gasteiger partial charge in [-0.2, -0.15) is 0 Å². The van der Waals surface area contributed by atoms with Gasteiger partial charge in [0, 0.05) is 12.1 Å². The number of nitrogens with two attached hydrogens (primary N) is 1. The summed E-state index contributed by atoms with van der Waals surface area (Å²) in [5.41, 5.74) is 7.10. The minimum Gasteiger partial charge on any atom is -0.329 e. The third-order valence-electron chi connectivity index (χ3n) is 5.07. The van der Waals surface area contributed by atoms with Crippen molar-refractivity contribution in [1.29, 1.82) is 0 Å². The van der Waals surface area contributed by atoms with Gasteiger partial charge in [-0.05, 0) is 62.7 Å². The first-order chi connectivity index (χ1) is 9.86. The van der Waals surface area contributed by atoms with E-state index in [0.29, 0.717) is 18.4 Å². The molecule has 2 rings (SSSR count). The van der Waals surface area contributed by atoms with Crippen LogP contribution in [0.3, 0.4) is 0 Å². The largest absolute Gasteiger partial charge is 0.329 e. The summed E-state index contributed by atoms with van der Waals surface area (Å²) in [7, 11) is 0. The molecule has 0 aliphatic carbocycles. The van der Waals surface area contributed by atoms with E-state index < -0.39 is 0 Å². The Bertz CT molecular complexity index is 472. The van der Waals surface area contributed by atoms with Crippen LogP contribution in [0.1, 0.15) is 45.6 Å². The third kappa shape index (κ3) is 4.04. The fourth-order valence-electron chi connectivity index (χ4n) is 3.33. The minimum absolute atomic E-state index is 0.118. The van der Waals surface area contributed by atoms with E-state index in [1.54, 1.807) is 6.07 Å². The first-order valence-corrected chi connectivity index (χ1v) is 8.05. The lowest BCUT2D eigenvalue weighted by atomic mass is 9.85. The highest BCUT2D eigenvalue weighted by Gasteiger charge is 2.34. The van der Waals surface area contributed by atoms with E-state index in [0.717, 1.165) is 18.7 Å². The molecular weight excluding hydrogens is 263 g/mol. The van der Waals surface area contributed by atoms with Crippen molar-refractivity contribution >= 4 is 0 Å². The summed E-state index contributed by atoms with van der Waals surface area (Å²) in [4.78, 5) is 2.48. The molecule has 0 bridgehead atoms. The zero-order valence-electron chi connectivity index (χ0n) is 13.7. The molecule has 1 aliphatic rings. The molecule has 2 nitrogen and oxygen atoms in total. The van der Waals surface area contributed by atoms with Gasteiger partial charge >= 0.3 is 0 Å². The van der Waals surface area contributed by atoms with Crippen LogP contribution in [0, 0.1) is 11.2 Å². The molecule has 1 fully saturated rings. The van der Waals surface area contributed by atoms with Crippen molar-refractivity contribution in [1.82, 2.24) is 4.90 Å². The van der Waals surface area contributed by atoms with Gasteiger partial charge in [0.05, 0.1) is 0 Å². The standard InChI is InChI=1S/C18H29FN2/c1-17(2)9-6-11-21(12-10-17)18(3,14-20)13-15-7-4-5-8-16(15)19/h4-5,7-8H,6,9-14,20H2,1-3H3. The van der Waals surface area contributed by atoms with Crippen molar-refractivity contribution in [3.63, 3.8) is 0 Å². The first-order valence-electron chi connectivity index (χ1n) is 8.05. The second kappa shape index (κ2) is 6.45. The fraction of sp³-hybridized carbons (Fsp3) is 0.667. The smallest absolute Gasteiger partial charge is 0.126 e. The number of likely N-dealkylation sites (tertiary alicyclic amines) is 1. The van der Waals surface area contributed by atoms with E-state index in [4.69, 9.17) is 5.73 Å². The Hall–Kier alpha value is -0.930. The minimum atomic E-state index is -0.164. The van der Waals surface area contributed by atoms with E-state index in [1.807, 2.05) is 12.1 Å². The molecule has 1 saturated heterocycles. The Morgan fingerprint density at radius 1 is 1.24 bits per heavy atom. The van der Waals surface area contributed by atoms with Crippen LogP contribution in [0.4, 0.5) is 4.39 Å². The third-order valence-corrected chi connectivity index (χ3v) is 5.07. The Morgan fingerprint density at radius 2 is 1.95 bits per heavy atom. The van der Waals surface area contributed by atoms with Gasteiger partial charge < -0.3 is 5.73 Å². The Morgan fingerprint density at radius 3 is 2.62 bits per heavy atom. The van der Waals surface area contributed by atoms with Crippen molar-refractivity contribution < 1.29 is 4.39 Å². The SMILES string of the molecule is CC1(C)CCCN(C(C)(CN)Cc2ccccc2F)CC1. The van der Waals surface area contributed by atoms with Gasteiger partial charge in [-0.25, -0.2) is 4.39 Å². The summed E-state index contributed by atoms with van der Waals surface area (Å²) in [5.74, 6) is -0.118. The van der Waals surface area contributed by atoms with Crippen LogP contribution in [-0.2, 0) is 6.42 Å². The summed E-state index contributed by atoms with van der Waals surface area (Å²) < 4.78 is 14.0. The van der Waals surface area contributed by atoms with Gasteiger partial charge in [-0.1, -0.05) is 32.0 Å². The number of hydrogen-bond donors (Lipinski definition) is 1. The maximum atomic E-state index is 14.0. The normalized spacial score (nSPS) is 22.5. The van der Waals surface area contributed by atoms with E-state index in [9.17, 15) is 4.39 Å². The lowest BCUT2D eigenvalue weighted by Gasteiger charge is -2.41. The van der Waals surface area contributed by atoms with Crippen LogP contribution >= 0.6 is 0 Å². The highest BCUT2D eigenvalue weighted by molar-refractivity contribution is 5.20. The monoisotopic (exact) mass is 292 g/mol. The average Bonchev–Trinajstić information content (AvgIpc) is 2.62. The van der Waals surface area contributed by atoms with E-state index >= 15 is 0 Å². The zero-order valence-corrected chi connectivity index (χ0v) is 13.7. The lowest BCUT2D eigenvalue weighted by Crippen LogP contribution is -2.53. The maximum absolute atomic E-state index is 14.0. The molecule has 3 heteroatoms. The Kier molecular flexibility index (Phi) is 5.05. The highest BCUT2D eigenvalue weighted by Crippen LogP contribution is 2.33. The number of nitrogens with zero attached hydrogens (tertiary/aromatic N) is 1. The van der Waals surface area contributed by atoms with Crippen LogP contribution < -0.4 is 5.73 Å². The molecule has 0 radical (unpaired) electrons. The molecule has 0 spiro atoms. The summed E-state index contributed by atoms with van der Waals surface area (Å²) in [5, 5.41) is 0. The molecule has 1 aromatic rings. The number of hydrogen-bond acceptors (Lipinski definition) is 2. The van der Waals surface area contributed by atoms with Crippen LogP contribution in [0.5, 0.6) is 0 Å². The first kappa shape index (κ1) is 16.4. The topological polar surface area (TPSA) is 29.3 Å². The van der Waals surface area contributed by atoms with E-state index in [-0.39, 0.29) is 11.4 Å².